The van der Waals surface area contributed by atoms with E-state index in [1.165, 1.54) is 18.2 Å². The Morgan fingerprint density at radius 1 is 1.11 bits per heavy atom. The number of urea groups is 1. The molecule has 1 aliphatic rings. The highest BCUT2D eigenvalue weighted by Crippen LogP contribution is 2.27. The smallest absolute Gasteiger partial charge is 0.323 e. The lowest BCUT2D eigenvalue weighted by atomic mass is 10.0. The third kappa shape index (κ3) is 7.19. The second-order valence-corrected chi connectivity index (χ2v) is 9.30. The predicted octanol–water partition coefficient (Wildman–Crippen LogP) is 4.21. The van der Waals surface area contributed by atoms with Crippen LogP contribution in [-0.4, -0.2) is 73.6 Å². The van der Waals surface area contributed by atoms with Gasteiger partial charge in [0, 0.05) is 57.0 Å². The molecule has 3 rings (SSSR count). The minimum atomic E-state index is -0.577. The zero-order chi connectivity index (χ0) is 27.1. The molecule has 37 heavy (non-hydrogen) atoms. The molecule has 2 N–H and O–H groups in total. The van der Waals surface area contributed by atoms with Crippen molar-refractivity contribution in [3.63, 3.8) is 0 Å². The summed E-state index contributed by atoms with van der Waals surface area (Å²) in [7, 11) is 3.29. The van der Waals surface area contributed by atoms with Gasteiger partial charge in [-0.1, -0.05) is 19.9 Å². The second kappa shape index (κ2) is 12.5. The van der Waals surface area contributed by atoms with Crippen molar-refractivity contribution in [2.45, 2.75) is 39.3 Å². The molecule has 0 saturated heterocycles. The van der Waals surface area contributed by atoms with Gasteiger partial charge in [-0.05, 0) is 37.3 Å². The van der Waals surface area contributed by atoms with Crippen LogP contribution in [0.15, 0.2) is 42.5 Å². The maximum Gasteiger partial charge on any atom is 0.323 e. The fourth-order valence-electron chi connectivity index (χ4n) is 4.26. The number of anilines is 2. The first-order valence-electron chi connectivity index (χ1n) is 12.3. The van der Waals surface area contributed by atoms with Gasteiger partial charge in [0.05, 0.1) is 17.7 Å². The van der Waals surface area contributed by atoms with E-state index in [0.29, 0.717) is 36.4 Å². The number of hydrogen-bond acceptors (Lipinski definition) is 5. The van der Waals surface area contributed by atoms with Gasteiger partial charge < -0.3 is 29.9 Å². The summed E-state index contributed by atoms with van der Waals surface area (Å²) in [5.41, 5.74) is 1.00. The lowest BCUT2D eigenvalue weighted by molar-refractivity contribution is -0.135. The van der Waals surface area contributed by atoms with E-state index >= 15 is 0 Å². The number of methoxy groups -OCH3 is 1. The second-order valence-electron chi connectivity index (χ2n) is 9.30. The first kappa shape index (κ1) is 27.9. The molecule has 2 aromatic carbocycles. The van der Waals surface area contributed by atoms with E-state index in [2.05, 4.69) is 10.6 Å². The molecule has 0 radical (unpaired) electrons. The summed E-state index contributed by atoms with van der Waals surface area (Å²) in [5.74, 6) is -0.457. The van der Waals surface area contributed by atoms with Gasteiger partial charge >= 0.3 is 6.03 Å². The van der Waals surface area contributed by atoms with Gasteiger partial charge in [-0.3, -0.25) is 9.59 Å². The Hall–Kier alpha value is -3.66. The fourth-order valence-corrected chi connectivity index (χ4v) is 4.26. The molecule has 200 valence electrons. The van der Waals surface area contributed by atoms with Crippen molar-refractivity contribution >= 4 is 29.2 Å². The highest BCUT2D eigenvalue weighted by molar-refractivity contribution is 6.01. The average molecular weight is 515 g/mol. The van der Waals surface area contributed by atoms with Crippen LogP contribution in [0.25, 0.3) is 0 Å². The number of hydrogen-bond donors (Lipinski definition) is 2. The first-order valence-corrected chi connectivity index (χ1v) is 12.3. The highest BCUT2D eigenvalue weighted by atomic mass is 19.1. The monoisotopic (exact) mass is 514 g/mol. The van der Waals surface area contributed by atoms with Gasteiger partial charge in [0.25, 0.3) is 5.91 Å². The molecular formula is C27H35FN4O5. The Morgan fingerprint density at radius 2 is 1.81 bits per heavy atom. The summed E-state index contributed by atoms with van der Waals surface area (Å²) < 4.78 is 25.2. The van der Waals surface area contributed by atoms with Crippen LogP contribution in [0.4, 0.5) is 20.6 Å². The van der Waals surface area contributed by atoms with Crippen LogP contribution in [0, 0.1) is 11.7 Å². The number of carbonyl (C=O) groups excluding carboxylic acids is 3. The number of rotatable bonds is 4. The van der Waals surface area contributed by atoms with E-state index < -0.39 is 11.8 Å². The van der Waals surface area contributed by atoms with Crippen LogP contribution < -0.4 is 15.4 Å². The molecule has 0 aromatic heterocycles. The molecule has 3 atom stereocenters. The number of carbonyl (C=O) groups is 3. The van der Waals surface area contributed by atoms with Crippen molar-refractivity contribution < 1.29 is 28.2 Å². The Morgan fingerprint density at radius 3 is 2.46 bits per heavy atom. The highest BCUT2D eigenvalue weighted by Gasteiger charge is 2.30. The molecule has 0 unspecified atom stereocenters. The molecule has 10 heteroatoms. The quantitative estimate of drug-likeness (QED) is 0.637. The number of benzene rings is 2. The van der Waals surface area contributed by atoms with Crippen molar-refractivity contribution in [2.75, 3.05) is 44.5 Å². The van der Waals surface area contributed by atoms with Crippen molar-refractivity contribution in [3.05, 3.63) is 53.8 Å². The number of fused-ring (bicyclic) bond motifs is 1. The summed E-state index contributed by atoms with van der Waals surface area (Å²) in [4.78, 5) is 41.9. The van der Waals surface area contributed by atoms with E-state index in [1.807, 2.05) is 20.8 Å². The molecule has 9 nitrogen and oxygen atoms in total. The lowest BCUT2D eigenvalue weighted by Crippen LogP contribution is -2.48. The van der Waals surface area contributed by atoms with Gasteiger partial charge in [0.15, 0.2) is 0 Å². The van der Waals surface area contributed by atoms with E-state index in [9.17, 15) is 18.8 Å². The minimum absolute atomic E-state index is 0.00366. The third-order valence-electron chi connectivity index (χ3n) is 6.41. The van der Waals surface area contributed by atoms with Crippen LogP contribution >= 0.6 is 0 Å². The van der Waals surface area contributed by atoms with Crippen LogP contribution in [0.2, 0.25) is 0 Å². The topological polar surface area (TPSA) is 100 Å². The first-order chi connectivity index (χ1) is 17.6. The number of amides is 4. The molecule has 2 aromatic rings. The summed E-state index contributed by atoms with van der Waals surface area (Å²) >= 11 is 0. The number of likely N-dealkylation sites (N-methyl/N-ethyl adjacent to an activating group) is 1. The molecule has 4 amide bonds. The Kier molecular flexibility index (Phi) is 9.46. The Bertz CT molecular complexity index is 1130. The van der Waals surface area contributed by atoms with E-state index in [0.717, 1.165) is 0 Å². The summed E-state index contributed by atoms with van der Waals surface area (Å²) in [6.45, 7) is 6.66. The van der Waals surface area contributed by atoms with Crippen molar-refractivity contribution in [1.82, 2.24) is 9.80 Å². The maximum atomic E-state index is 13.4. The SMILES string of the molecule is CCC(=O)N1C[C@@H](C)[C@H](OC)CN(C)C(=O)c2ccc(NC(=O)Nc3cccc(F)c3)cc2OC[C@H]1C. The molecule has 0 aliphatic carbocycles. The third-order valence-corrected chi connectivity index (χ3v) is 6.41. The van der Waals surface area contributed by atoms with Crippen molar-refractivity contribution in [2.24, 2.45) is 5.92 Å². The maximum absolute atomic E-state index is 13.4. The number of ether oxygens (including phenoxy) is 2. The van der Waals surface area contributed by atoms with Gasteiger partial charge in [-0.25, -0.2) is 9.18 Å². The summed E-state index contributed by atoms with van der Waals surface area (Å²) in [6, 6.07) is 9.45. The van der Waals surface area contributed by atoms with E-state index in [4.69, 9.17) is 9.47 Å². The van der Waals surface area contributed by atoms with Gasteiger partial charge in [0.2, 0.25) is 5.91 Å². The molecule has 0 spiro atoms. The number of nitrogens with zero attached hydrogens (tertiary/aromatic N) is 2. The van der Waals surface area contributed by atoms with Crippen LogP contribution in [0.1, 0.15) is 37.6 Å². The van der Waals surface area contributed by atoms with Gasteiger partial charge in [-0.2, -0.15) is 0 Å². The molecule has 0 saturated carbocycles. The number of halogens is 1. The lowest BCUT2D eigenvalue weighted by Gasteiger charge is -2.36. The van der Waals surface area contributed by atoms with E-state index in [1.54, 1.807) is 48.2 Å². The zero-order valence-corrected chi connectivity index (χ0v) is 21.9. The van der Waals surface area contributed by atoms with Gasteiger partial charge in [-0.15, -0.1) is 0 Å². The largest absolute Gasteiger partial charge is 0.491 e. The molecule has 1 aliphatic heterocycles. The van der Waals surface area contributed by atoms with E-state index in [-0.39, 0.29) is 42.2 Å². The van der Waals surface area contributed by atoms with Crippen molar-refractivity contribution in [1.29, 1.82) is 0 Å². The fraction of sp³-hybridized carbons (Fsp3) is 0.444. The van der Waals surface area contributed by atoms with Crippen molar-refractivity contribution in [3.8, 4) is 5.75 Å². The zero-order valence-electron chi connectivity index (χ0n) is 21.9. The molecule has 1 heterocycles. The normalized spacial score (nSPS) is 20.7. The predicted molar refractivity (Wildman–Crippen MR) is 139 cm³/mol. The number of nitrogens with one attached hydrogen (secondary N) is 2. The molecule has 0 bridgehead atoms. The average Bonchev–Trinajstić information content (AvgIpc) is 2.87. The van der Waals surface area contributed by atoms with Crippen LogP contribution in [-0.2, 0) is 9.53 Å². The summed E-state index contributed by atoms with van der Waals surface area (Å²) in [6.07, 6.45) is 0.0857. The van der Waals surface area contributed by atoms with Crippen LogP contribution in [0.5, 0.6) is 5.75 Å². The molecular weight excluding hydrogens is 479 g/mol. The van der Waals surface area contributed by atoms with Crippen LogP contribution in [0.3, 0.4) is 0 Å². The van der Waals surface area contributed by atoms with Gasteiger partial charge in [0.1, 0.15) is 18.2 Å². The molecule has 0 fully saturated rings. The Balaban J connectivity index is 1.88. The standard InChI is InChI=1S/C27H35FN4O5/c1-6-25(33)32-14-17(2)24(36-5)15-31(4)26(34)22-11-10-21(13-23(22)37-16-18(32)3)30-27(35)29-20-9-7-8-19(28)12-20/h7-13,17-18,24H,6,14-16H2,1-5H3,(H2,29,30,35)/t17-,18-,24-/m1/s1. The minimum Gasteiger partial charge on any atom is -0.491 e. The Labute approximate surface area is 216 Å². The summed E-state index contributed by atoms with van der Waals surface area (Å²) in [5, 5.41) is 5.25.